The number of piperidine rings is 2. The maximum Gasteiger partial charge on any atom is 0.284 e. The van der Waals surface area contributed by atoms with Gasteiger partial charge in [0.2, 0.25) is 11.8 Å². The molecule has 5 aromatic rings. The number of nitrogens with zero attached hydrogens (tertiary/aromatic N) is 9. The summed E-state index contributed by atoms with van der Waals surface area (Å²) in [5.74, 6) is 6.42. The molecule has 68 heavy (non-hydrogen) atoms. The number of carbonyl (C=O) groups is 3. The minimum absolute atomic E-state index is 0.0391. The van der Waals surface area contributed by atoms with Gasteiger partial charge >= 0.3 is 0 Å². The molecular formula is C49H56F3N11O5. The van der Waals surface area contributed by atoms with E-state index in [1.807, 2.05) is 28.9 Å². The number of nitrogens with one attached hydrogen (secondary N) is 2. The first-order valence-electron chi connectivity index (χ1n) is 24.3. The van der Waals surface area contributed by atoms with Gasteiger partial charge in [-0.2, -0.15) is 15.3 Å². The van der Waals surface area contributed by atoms with Crippen molar-refractivity contribution in [1.29, 1.82) is 0 Å². The lowest BCUT2D eigenvalue weighted by Gasteiger charge is -2.38. The second-order valence-corrected chi connectivity index (χ2v) is 19.5. The SMILES string of the molecule is O=C1CCC(c2nn(C3CC3)c3c(C#CCO[C@@H]4CCN(CC5CCC(n6cc(NC(=O)c7cnn8ccc(N9CCOC(CC%10CC%10)C9)nc78)c(C(F)F)n6)CC5)C[C@@H]4F)cccc23)C(=O)N1. The number of para-hydroxylation sites is 1. The standard InChI is InChI=1S/C49H56F3N11O5/c50-38-27-59(18-16-40(38)68-21-2-4-31-3-1-5-35-43(36-14-15-42(64)56-48(36)65)58-63(45(31)35)33-12-13-33)25-30-8-10-32(11-9-30)62-28-39(44(57-62)46(51)52)54-49(66)37-24-53-61-19-17-41(55-47(37)61)60-20-22-67-34(26-60)23-29-6-7-29/h1,3,5,17,19,24,28-30,32-34,36,38,40,46H,6-16,18,20-23,25-27H2,(H,54,66)(H,56,64,65)/t30?,32?,34?,36?,38-,40+/m0/s1. The van der Waals surface area contributed by atoms with Crippen LogP contribution < -0.4 is 15.5 Å². The van der Waals surface area contributed by atoms with Gasteiger partial charge < -0.3 is 19.7 Å². The molecule has 2 N–H and O–H groups in total. The number of aromatic nitrogens is 7. The fraction of sp³-hybridized carbons (Fsp3) is 0.571. The van der Waals surface area contributed by atoms with Crippen LogP contribution in [0.2, 0.25) is 0 Å². The maximum atomic E-state index is 15.6. The Balaban J connectivity index is 0.665. The zero-order valence-corrected chi connectivity index (χ0v) is 37.9. The van der Waals surface area contributed by atoms with Crippen molar-refractivity contribution < 1.29 is 37.0 Å². The van der Waals surface area contributed by atoms with Gasteiger partial charge in [0, 0.05) is 56.9 Å². The summed E-state index contributed by atoms with van der Waals surface area (Å²) in [6.07, 6.45) is 10.0. The number of amides is 3. The molecule has 4 atom stereocenters. The number of rotatable bonds is 13. The van der Waals surface area contributed by atoms with Gasteiger partial charge in [-0.25, -0.2) is 22.7 Å². The van der Waals surface area contributed by atoms with Gasteiger partial charge in [-0.15, -0.1) is 0 Å². The maximum absolute atomic E-state index is 15.6. The van der Waals surface area contributed by atoms with E-state index < -0.39 is 36.2 Å². The third-order valence-corrected chi connectivity index (χ3v) is 14.7. The van der Waals surface area contributed by atoms with Crippen LogP contribution in [0.25, 0.3) is 16.6 Å². The molecule has 3 aliphatic carbocycles. The smallest absolute Gasteiger partial charge is 0.284 e. The van der Waals surface area contributed by atoms with Crippen LogP contribution in [0.15, 0.2) is 42.9 Å². The largest absolute Gasteiger partial charge is 0.375 e. The van der Waals surface area contributed by atoms with E-state index in [1.54, 1.807) is 10.9 Å². The summed E-state index contributed by atoms with van der Waals surface area (Å²) in [6.45, 7) is 3.76. The number of hydrogen-bond donors (Lipinski definition) is 2. The number of benzene rings is 1. The molecule has 4 aromatic heterocycles. The molecule has 3 aliphatic heterocycles. The second-order valence-electron chi connectivity index (χ2n) is 19.5. The first-order valence-corrected chi connectivity index (χ1v) is 24.3. The van der Waals surface area contributed by atoms with E-state index in [9.17, 15) is 23.2 Å². The van der Waals surface area contributed by atoms with Crippen molar-refractivity contribution in [3.63, 3.8) is 0 Å². The predicted octanol–water partition coefficient (Wildman–Crippen LogP) is 6.54. The van der Waals surface area contributed by atoms with Crippen molar-refractivity contribution in [2.75, 3.05) is 56.2 Å². The first-order chi connectivity index (χ1) is 33.1. The first kappa shape index (κ1) is 44.7. The van der Waals surface area contributed by atoms with E-state index in [4.69, 9.17) is 19.6 Å². The highest BCUT2D eigenvalue weighted by Crippen LogP contribution is 2.41. The summed E-state index contributed by atoms with van der Waals surface area (Å²) in [6, 6.07) is 7.77. The molecule has 0 bridgehead atoms. The number of ether oxygens (including phenoxy) is 2. The third kappa shape index (κ3) is 9.46. The summed E-state index contributed by atoms with van der Waals surface area (Å²) in [7, 11) is 0. The molecule has 3 amide bonds. The monoisotopic (exact) mass is 935 g/mol. The minimum Gasteiger partial charge on any atom is -0.375 e. The van der Waals surface area contributed by atoms with Crippen LogP contribution >= 0.6 is 0 Å². The molecular weight excluding hydrogens is 880 g/mol. The van der Waals surface area contributed by atoms with E-state index in [-0.39, 0.29) is 60.8 Å². The van der Waals surface area contributed by atoms with E-state index in [2.05, 4.69) is 42.5 Å². The Labute approximate surface area is 391 Å². The molecule has 3 saturated carbocycles. The number of carbonyl (C=O) groups excluding carboxylic acids is 3. The number of hydrogen-bond acceptors (Lipinski definition) is 11. The fourth-order valence-corrected chi connectivity index (χ4v) is 10.7. The Bertz CT molecular complexity index is 2760. The highest BCUT2D eigenvalue weighted by molar-refractivity contribution is 6.08. The van der Waals surface area contributed by atoms with E-state index in [0.29, 0.717) is 62.2 Å². The summed E-state index contributed by atoms with van der Waals surface area (Å²) in [5.41, 5.74) is 2.30. The Hall–Kier alpha value is -5.84. The average Bonchev–Trinajstić information content (AvgIpc) is 4.23. The van der Waals surface area contributed by atoms with Crippen LogP contribution in [-0.4, -0.2) is 121 Å². The van der Waals surface area contributed by atoms with Crippen molar-refractivity contribution in [3.8, 4) is 11.8 Å². The fourth-order valence-electron chi connectivity index (χ4n) is 10.7. The summed E-state index contributed by atoms with van der Waals surface area (Å²) >= 11 is 0. The molecule has 7 heterocycles. The number of alkyl halides is 3. The van der Waals surface area contributed by atoms with Gasteiger partial charge in [-0.1, -0.05) is 36.8 Å². The highest BCUT2D eigenvalue weighted by atomic mass is 19.3. The van der Waals surface area contributed by atoms with Crippen molar-refractivity contribution >= 4 is 45.8 Å². The molecule has 0 spiro atoms. The lowest BCUT2D eigenvalue weighted by Crippen LogP contribution is -2.47. The Morgan fingerprint density at radius 3 is 2.57 bits per heavy atom. The summed E-state index contributed by atoms with van der Waals surface area (Å²) < 4.78 is 61.4. The van der Waals surface area contributed by atoms with Crippen LogP contribution in [0.4, 0.5) is 24.7 Å². The van der Waals surface area contributed by atoms with Crippen LogP contribution in [0.3, 0.4) is 0 Å². The van der Waals surface area contributed by atoms with Gasteiger partial charge in [-0.05, 0) is 81.8 Å². The van der Waals surface area contributed by atoms with Crippen molar-refractivity contribution in [2.45, 2.75) is 120 Å². The van der Waals surface area contributed by atoms with Gasteiger partial charge in [0.15, 0.2) is 11.3 Å². The number of anilines is 2. The van der Waals surface area contributed by atoms with Crippen molar-refractivity contribution in [3.05, 3.63) is 65.4 Å². The van der Waals surface area contributed by atoms with Crippen molar-refractivity contribution in [1.82, 2.24) is 44.4 Å². The predicted molar refractivity (Wildman–Crippen MR) is 244 cm³/mol. The number of halogens is 3. The quantitative estimate of drug-likeness (QED) is 0.0974. The number of morpholine rings is 1. The zero-order chi connectivity index (χ0) is 46.5. The molecule has 6 fully saturated rings. The molecule has 3 saturated heterocycles. The number of imide groups is 1. The molecule has 6 aliphatic rings. The van der Waals surface area contributed by atoms with E-state index in [0.717, 1.165) is 73.9 Å². The van der Waals surface area contributed by atoms with Gasteiger partial charge in [0.25, 0.3) is 12.3 Å². The minimum atomic E-state index is -2.89. The molecule has 2 unspecified atom stereocenters. The average molecular weight is 936 g/mol. The van der Waals surface area contributed by atoms with Crippen LogP contribution in [0.5, 0.6) is 0 Å². The Morgan fingerprint density at radius 1 is 0.971 bits per heavy atom. The van der Waals surface area contributed by atoms with Gasteiger partial charge in [0.05, 0.1) is 65.5 Å². The van der Waals surface area contributed by atoms with Crippen molar-refractivity contribution in [2.24, 2.45) is 11.8 Å². The lowest BCUT2D eigenvalue weighted by atomic mass is 9.85. The van der Waals surface area contributed by atoms with E-state index in [1.165, 1.54) is 29.8 Å². The topological polar surface area (TPSA) is 166 Å². The van der Waals surface area contributed by atoms with Gasteiger partial charge in [0.1, 0.15) is 24.2 Å². The second kappa shape index (κ2) is 18.9. The van der Waals surface area contributed by atoms with Gasteiger partial charge in [-0.3, -0.25) is 34.0 Å². The van der Waals surface area contributed by atoms with E-state index >= 15 is 4.39 Å². The van der Waals surface area contributed by atoms with Crippen LogP contribution in [0, 0.1) is 23.7 Å². The normalized spacial score (nSPS) is 26.0. The molecule has 16 nitrogen and oxygen atoms in total. The summed E-state index contributed by atoms with van der Waals surface area (Å²) in [5, 5.41) is 19.5. The number of fused-ring (bicyclic) bond motifs is 2. The molecule has 0 radical (unpaired) electrons. The summed E-state index contributed by atoms with van der Waals surface area (Å²) in [4.78, 5) is 47.3. The molecule has 358 valence electrons. The third-order valence-electron chi connectivity index (χ3n) is 14.7. The highest BCUT2D eigenvalue weighted by Gasteiger charge is 2.37. The Kier molecular flexibility index (Phi) is 12.4. The van der Waals surface area contributed by atoms with Crippen LogP contribution in [0.1, 0.15) is 129 Å². The lowest BCUT2D eigenvalue weighted by molar-refractivity contribution is -0.134. The van der Waals surface area contributed by atoms with Crippen LogP contribution in [-0.2, 0) is 19.1 Å². The molecule has 1 aromatic carbocycles. The molecule has 19 heteroatoms. The zero-order valence-electron chi connectivity index (χ0n) is 37.9. The molecule has 11 rings (SSSR count). The Morgan fingerprint density at radius 2 is 1.79 bits per heavy atom. The number of likely N-dealkylation sites (tertiary alicyclic amines) is 1.